The van der Waals surface area contributed by atoms with E-state index in [1.807, 2.05) is 29.6 Å². The molecule has 0 spiro atoms. The molecule has 0 atom stereocenters. The van der Waals surface area contributed by atoms with Crippen LogP contribution in [-0.4, -0.2) is 26.3 Å². The molecule has 118 valence electrons. The first-order valence-electron chi connectivity index (χ1n) is 6.53. The lowest BCUT2D eigenvalue weighted by atomic mass is 10.2. The van der Waals surface area contributed by atoms with E-state index < -0.39 is 5.97 Å². The fraction of sp³-hybridized carbons (Fsp3) is 0.143. The number of benzene rings is 1. The third-order valence-corrected chi connectivity index (χ3v) is 6.02. The molecule has 3 rings (SSSR count). The van der Waals surface area contributed by atoms with Crippen molar-refractivity contribution in [3.8, 4) is 11.3 Å². The summed E-state index contributed by atoms with van der Waals surface area (Å²) in [5.74, 6) is -0.832. The summed E-state index contributed by atoms with van der Waals surface area (Å²) in [6.07, 6.45) is 0.471. The van der Waals surface area contributed by atoms with Crippen LogP contribution < -0.4 is 0 Å². The minimum atomic E-state index is -0.832. The van der Waals surface area contributed by atoms with E-state index >= 15 is 0 Å². The van der Waals surface area contributed by atoms with E-state index in [9.17, 15) is 4.79 Å². The second kappa shape index (κ2) is 7.39. The van der Waals surface area contributed by atoms with E-state index in [4.69, 9.17) is 16.7 Å². The number of thiazole rings is 1. The van der Waals surface area contributed by atoms with Gasteiger partial charge in [0.2, 0.25) is 0 Å². The predicted molar refractivity (Wildman–Crippen MR) is 92.5 cm³/mol. The molecule has 23 heavy (non-hydrogen) atoms. The SMILES string of the molecule is O=C(O)CCc1nnc(Sc2nc(-c3ccc(Cl)cc3)cs2)s1. The quantitative estimate of drug-likeness (QED) is 0.676. The highest BCUT2D eigenvalue weighted by atomic mass is 35.5. The monoisotopic (exact) mass is 383 g/mol. The second-order valence-electron chi connectivity index (χ2n) is 4.46. The third kappa shape index (κ3) is 4.51. The highest BCUT2D eigenvalue weighted by Gasteiger charge is 2.11. The molecular weight excluding hydrogens is 374 g/mol. The van der Waals surface area contributed by atoms with Crippen molar-refractivity contribution in [1.82, 2.24) is 15.2 Å². The lowest BCUT2D eigenvalue weighted by Crippen LogP contribution is -1.96. The van der Waals surface area contributed by atoms with Gasteiger partial charge < -0.3 is 5.11 Å². The zero-order valence-electron chi connectivity index (χ0n) is 11.6. The summed E-state index contributed by atoms with van der Waals surface area (Å²) >= 11 is 10.3. The number of aryl methyl sites for hydroxylation is 1. The molecule has 2 heterocycles. The maximum Gasteiger partial charge on any atom is 0.303 e. The van der Waals surface area contributed by atoms with Gasteiger partial charge in [0.25, 0.3) is 0 Å². The van der Waals surface area contributed by atoms with Gasteiger partial charge >= 0.3 is 5.97 Å². The summed E-state index contributed by atoms with van der Waals surface area (Å²) in [7, 11) is 0. The van der Waals surface area contributed by atoms with E-state index in [1.54, 1.807) is 0 Å². The second-order valence-corrected chi connectivity index (χ2v) is 8.31. The number of halogens is 1. The van der Waals surface area contributed by atoms with Gasteiger partial charge in [0.15, 0.2) is 8.68 Å². The van der Waals surface area contributed by atoms with Crippen LogP contribution in [0.5, 0.6) is 0 Å². The maximum atomic E-state index is 10.6. The van der Waals surface area contributed by atoms with Gasteiger partial charge in [-0.25, -0.2) is 4.98 Å². The van der Waals surface area contributed by atoms with Crippen molar-refractivity contribution >= 4 is 52.0 Å². The van der Waals surface area contributed by atoms with Crippen molar-refractivity contribution < 1.29 is 9.90 Å². The first-order valence-corrected chi connectivity index (χ1v) is 9.43. The molecular formula is C14H10ClN3O2S3. The molecule has 5 nitrogen and oxygen atoms in total. The van der Waals surface area contributed by atoms with E-state index in [-0.39, 0.29) is 6.42 Å². The average molecular weight is 384 g/mol. The first-order chi connectivity index (χ1) is 11.1. The number of nitrogens with zero attached hydrogens (tertiary/aromatic N) is 3. The lowest BCUT2D eigenvalue weighted by molar-refractivity contribution is -0.136. The summed E-state index contributed by atoms with van der Waals surface area (Å²) in [6, 6.07) is 7.53. The Morgan fingerprint density at radius 1 is 1.22 bits per heavy atom. The smallest absolute Gasteiger partial charge is 0.303 e. The summed E-state index contributed by atoms with van der Waals surface area (Å²) in [5.41, 5.74) is 1.90. The van der Waals surface area contributed by atoms with E-state index in [0.29, 0.717) is 11.4 Å². The number of hydrogen-bond donors (Lipinski definition) is 1. The molecule has 1 aromatic carbocycles. The summed E-state index contributed by atoms with van der Waals surface area (Å²) in [5, 5.41) is 20.2. The van der Waals surface area contributed by atoms with Crippen molar-refractivity contribution in [2.45, 2.75) is 21.5 Å². The normalized spacial score (nSPS) is 10.8. The minimum absolute atomic E-state index is 0.0667. The molecule has 0 unspecified atom stereocenters. The molecule has 2 aromatic heterocycles. The van der Waals surface area contributed by atoms with Gasteiger partial charge in [-0.1, -0.05) is 35.1 Å². The average Bonchev–Trinajstić information content (AvgIpc) is 3.16. The van der Waals surface area contributed by atoms with Crippen LogP contribution in [-0.2, 0) is 11.2 Å². The van der Waals surface area contributed by atoms with Crippen LogP contribution in [0.3, 0.4) is 0 Å². The van der Waals surface area contributed by atoms with Crippen LogP contribution in [0.4, 0.5) is 0 Å². The molecule has 0 saturated carbocycles. The van der Waals surface area contributed by atoms with Gasteiger partial charge in [0, 0.05) is 22.4 Å². The Morgan fingerprint density at radius 3 is 2.74 bits per heavy atom. The Morgan fingerprint density at radius 2 is 2.00 bits per heavy atom. The molecule has 0 aliphatic heterocycles. The highest BCUT2D eigenvalue weighted by Crippen LogP contribution is 2.35. The largest absolute Gasteiger partial charge is 0.481 e. The summed E-state index contributed by atoms with van der Waals surface area (Å²) < 4.78 is 1.64. The predicted octanol–water partition coefficient (Wildman–Crippen LogP) is 4.48. The van der Waals surface area contributed by atoms with Crippen LogP contribution >= 0.6 is 46.0 Å². The number of rotatable bonds is 6. The van der Waals surface area contributed by atoms with E-state index in [0.717, 1.165) is 24.9 Å². The molecule has 0 saturated heterocycles. The highest BCUT2D eigenvalue weighted by molar-refractivity contribution is 8.02. The van der Waals surface area contributed by atoms with Gasteiger partial charge in [-0.05, 0) is 23.9 Å². The molecule has 0 bridgehead atoms. The maximum absolute atomic E-state index is 10.6. The number of carboxylic acid groups (broad SMARTS) is 1. The zero-order chi connectivity index (χ0) is 16.2. The minimum Gasteiger partial charge on any atom is -0.481 e. The summed E-state index contributed by atoms with van der Waals surface area (Å²) in [6.45, 7) is 0. The van der Waals surface area contributed by atoms with Crippen LogP contribution in [0.1, 0.15) is 11.4 Å². The first kappa shape index (κ1) is 16.4. The molecule has 0 aliphatic carbocycles. The fourth-order valence-electron chi connectivity index (χ4n) is 1.73. The Labute approximate surface area is 149 Å². The van der Waals surface area contributed by atoms with Crippen LogP contribution in [0.25, 0.3) is 11.3 Å². The molecule has 0 fully saturated rings. The van der Waals surface area contributed by atoms with Gasteiger partial charge in [-0.2, -0.15) is 0 Å². The fourth-order valence-corrected chi connectivity index (χ4v) is 4.77. The lowest BCUT2D eigenvalue weighted by Gasteiger charge is -1.95. The van der Waals surface area contributed by atoms with E-state index in [1.165, 1.54) is 34.4 Å². The Balaban J connectivity index is 1.67. The van der Waals surface area contributed by atoms with Crippen molar-refractivity contribution in [2.24, 2.45) is 0 Å². The Kier molecular flexibility index (Phi) is 5.27. The van der Waals surface area contributed by atoms with Crippen molar-refractivity contribution in [2.75, 3.05) is 0 Å². The van der Waals surface area contributed by atoms with Gasteiger partial charge in [-0.15, -0.1) is 21.5 Å². The topological polar surface area (TPSA) is 76.0 Å². The number of hydrogen-bond acceptors (Lipinski definition) is 7. The molecule has 0 amide bonds. The van der Waals surface area contributed by atoms with Crippen LogP contribution in [0, 0.1) is 0 Å². The Bertz CT molecular complexity index is 817. The van der Waals surface area contributed by atoms with Crippen molar-refractivity contribution in [1.29, 1.82) is 0 Å². The van der Waals surface area contributed by atoms with Gasteiger partial charge in [0.1, 0.15) is 5.01 Å². The molecule has 3 aromatic rings. The molecule has 0 radical (unpaired) electrons. The van der Waals surface area contributed by atoms with Crippen molar-refractivity contribution in [3.05, 3.63) is 39.7 Å². The number of aliphatic carboxylic acids is 1. The number of carboxylic acids is 1. The molecule has 0 aliphatic rings. The third-order valence-electron chi connectivity index (χ3n) is 2.80. The van der Waals surface area contributed by atoms with Crippen LogP contribution in [0.15, 0.2) is 38.3 Å². The summed E-state index contributed by atoms with van der Waals surface area (Å²) in [4.78, 5) is 15.1. The Hall–Kier alpha value is -1.48. The zero-order valence-corrected chi connectivity index (χ0v) is 14.8. The molecule has 1 N–H and O–H groups in total. The van der Waals surface area contributed by atoms with Gasteiger partial charge in [-0.3, -0.25) is 4.79 Å². The number of aromatic nitrogens is 3. The molecule has 9 heteroatoms. The number of carbonyl (C=O) groups is 1. The van der Waals surface area contributed by atoms with Crippen LogP contribution in [0.2, 0.25) is 5.02 Å². The van der Waals surface area contributed by atoms with Gasteiger partial charge in [0.05, 0.1) is 12.1 Å². The van der Waals surface area contributed by atoms with E-state index in [2.05, 4.69) is 15.2 Å². The standard InChI is InChI=1S/C14H10ClN3O2S3/c15-9-3-1-8(2-4-9)10-7-21-13(16-10)23-14-18-17-11(22-14)5-6-12(19)20/h1-4,7H,5-6H2,(H,19,20). The van der Waals surface area contributed by atoms with Crippen molar-refractivity contribution in [3.63, 3.8) is 0 Å².